The molecule has 0 amide bonds. The number of anilines is 5. The summed E-state index contributed by atoms with van der Waals surface area (Å²) in [6, 6.07) is 8.79. The smallest absolute Gasteiger partial charge is 0.393 e. The zero-order valence-corrected chi connectivity index (χ0v) is 17.0. The Morgan fingerprint density at radius 3 is 2.39 bits per heavy atom. The Labute approximate surface area is 181 Å². The SMILES string of the molecule is Nc1c(Nc2cc(C(F)(F)F)ccc2Cl)ncnc1N1CCN(c2ccccn2)CC1. The van der Waals surface area contributed by atoms with Crippen molar-refractivity contribution in [1.82, 2.24) is 15.0 Å². The topological polar surface area (TPSA) is 83.2 Å². The van der Waals surface area contributed by atoms with E-state index in [1.165, 1.54) is 12.4 Å². The predicted octanol–water partition coefficient (Wildman–Crippen LogP) is 4.20. The molecule has 7 nitrogen and oxygen atoms in total. The Morgan fingerprint density at radius 1 is 0.968 bits per heavy atom. The van der Waals surface area contributed by atoms with Crippen molar-refractivity contribution in [2.45, 2.75) is 6.18 Å². The third-order valence-corrected chi connectivity index (χ3v) is 5.29. The van der Waals surface area contributed by atoms with Crippen LogP contribution in [0.4, 0.5) is 42.0 Å². The van der Waals surface area contributed by atoms with E-state index in [0.29, 0.717) is 18.9 Å². The minimum absolute atomic E-state index is 0.0628. The summed E-state index contributed by atoms with van der Waals surface area (Å²) in [4.78, 5) is 16.9. The van der Waals surface area contributed by atoms with E-state index >= 15 is 0 Å². The van der Waals surface area contributed by atoms with Gasteiger partial charge in [0, 0.05) is 32.4 Å². The van der Waals surface area contributed by atoms with Crippen LogP contribution >= 0.6 is 11.6 Å². The summed E-state index contributed by atoms with van der Waals surface area (Å²) in [5.41, 5.74) is 5.74. The first-order chi connectivity index (χ1) is 14.8. The van der Waals surface area contributed by atoms with Crippen molar-refractivity contribution in [3.63, 3.8) is 0 Å². The van der Waals surface area contributed by atoms with Crippen molar-refractivity contribution < 1.29 is 13.2 Å². The van der Waals surface area contributed by atoms with Gasteiger partial charge in [-0.05, 0) is 30.3 Å². The van der Waals surface area contributed by atoms with Crippen molar-refractivity contribution in [2.24, 2.45) is 0 Å². The van der Waals surface area contributed by atoms with Gasteiger partial charge in [0.2, 0.25) is 0 Å². The first-order valence-electron chi connectivity index (χ1n) is 9.48. The lowest BCUT2D eigenvalue weighted by Crippen LogP contribution is -2.47. The fraction of sp³-hybridized carbons (Fsp3) is 0.250. The molecule has 4 rings (SSSR count). The van der Waals surface area contributed by atoms with Crippen LogP contribution in [0.1, 0.15) is 5.56 Å². The zero-order valence-electron chi connectivity index (χ0n) is 16.3. The average molecular weight is 450 g/mol. The average Bonchev–Trinajstić information content (AvgIpc) is 2.76. The van der Waals surface area contributed by atoms with Gasteiger partial charge < -0.3 is 20.9 Å². The molecule has 3 N–H and O–H groups in total. The monoisotopic (exact) mass is 449 g/mol. The highest BCUT2D eigenvalue weighted by atomic mass is 35.5. The van der Waals surface area contributed by atoms with Gasteiger partial charge in [0.1, 0.15) is 17.8 Å². The van der Waals surface area contributed by atoms with Crippen molar-refractivity contribution in [1.29, 1.82) is 0 Å². The molecule has 11 heteroatoms. The number of nitrogen functional groups attached to an aromatic ring is 1. The van der Waals surface area contributed by atoms with E-state index in [9.17, 15) is 13.2 Å². The molecule has 1 aliphatic rings. The number of hydrogen-bond donors (Lipinski definition) is 2. The fourth-order valence-electron chi connectivity index (χ4n) is 3.35. The number of alkyl halides is 3. The fourth-order valence-corrected chi connectivity index (χ4v) is 3.52. The van der Waals surface area contributed by atoms with Gasteiger partial charge in [-0.1, -0.05) is 17.7 Å². The first-order valence-corrected chi connectivity index (χ1v) is 9.86. The van der Waals surface area contributed by atoms with Crippen molar-refractivity contribution in [2.75, 3.05) is 47.0 Å². The van der Waals surface area contributed by atoms with E-state index in [0.717, 1.165) is 31.0 Å². The Hall–Kier alpha value is -3.27. The van der Waals surface area contributed by atoms with E-state index in [4.69, 9.17) is 17.3 Å². The largest absolute Gasteiger partial charge is 0.416 e. The number of aromatic nitrogens is 3. The lowest BCUT2D eigenvalue weighted by molar-refractivity contribution is -0.137. The molecule has 0 radical (unpaired) electrons. The predicted molar refractivity (Wildman–Crippen MR) is 115 cm³/mol. The minimum atomic E-state index is -4.49. The van der Waals surface area contributed by atoms with E-state index in [1.807, 2.05) is 23.1 Å². The number of halogens is 4. The minimum Gasteiger partial charge on any atom is -0.393 e. The highest BCUT2D eigenvalue weighted by molar-refractivity contribution is 6.33. The van der Waals surface area contributed by atoms with E-state index in [2.05, 4.69) is 25.2 Å². The van der Waals surface area contributed by atoms with E-state index in [1.54, 1.807) is 6.20 Å². The zero-order chi connectivity index (χ0) is 22.0. The molecule has 0 unspecified atom stereocenters. The van der Waals surface area contributed by atoms with Gasteiger partial charge in [-0.2, -0.15) is 13.2 Å². The molecule has 3 aromatic rings. The third-order valence-electron chi connectivity index (χ3n) is 4.96. The van der Waals surface area contributed by atoms with Gasteiger partial charge in [-0.3, -0.25) is 0 Å². The number of hydrogen-bond acceptors (Lipinski definition) is 7. The first kappa shape index (κ1) is 21.0. The van der Waals surface area contributed by atoms with Crippen LogP contribution in [0.3, 0.4) is 0 Å². The number of pyridine rings is 1. The van der Waals surface area contributed by atoms with Crippen LogP contribution < -0.4 is 20.9 Å². The molecule has 2 aromatic heterocycles. The van der Waals surface area contributed by atoms with Crippen LogP contribution in [0, 0.1) is 0 Å². The number of nitrogens with one attached hydrogen (secondary N) is 1. The summed E-state index contributed by atoms with van der Waals surface area (Å²) in [5, 5.41) is 2.93. The lowest BCUT2D eigenvalue weighted by Gasteiger charge is -2.36. The molecular formula is C20H19ClF3N7. The van der Waals surface area contributed by atoms with Gasteiger partial charge in [-0.15, -0.1) is 0 Å². The van der Waals surface area contributed by atoms with E-state index in [-0.39, 0.29) is 22.2 Å². The maximum absolute atomic E-state index is 13.0. The Kier molecular flexibility index (Phi) is 5.73. The maximum atomic E-state index is 13.0. The van der Waals surface area contributed by atoms with Gasteiger partial charge in [0.25, 0.3) is 0 Å². The molecule has 0 spiro atoms. The van der Waals surface area contributed by atoms with Gasteiger partial charge in [-0.25, -0.2) is 15.0 Å². The molecule has 1 aliphatic heterocycles. The summed E-state index contributed by atoms with van der Waals surface area (Å²) in [7, 11) is 0. The highest BCUT2D eigenvalue weighted by Gasteiger charge is 2.31. The van der Waals surface area contributed by atoms with E-state index < -0.39 is 11.7 Å². The van der Waals surface area contributed by atoms with Crippen molar-refractivity contribution >= 4 is 40.4 Å². The standard InChI is InChI=1S/C20H19ClF3N7/c21-14-5-4-13(20(22,23)24)11-15(14)29-18-17(25)19(28-12-27-18)31-9-7-30(8-10-31)16-3-1-2-6-26-16/h1-6,11-12H,7-10,25H2,(H,27,28,29). The molecule has 31 heavy (non-hydrogen) atoms. The second kappa shape index (κ2) is 8.46. The number of nitrogens with two attached hydrogens (primary N) is 1. The molecule has 162 valence electrons. The van der Waals surface area contributed by atoms with Crippen LogP contribution in [0.15, 0.2) is 48.9 Å². The Morgan fingerprint density at radius 2 is 1.71 bits per heavy atom. The molecule has 1 saturated heterocycles. The van der Waals surface area contributed by atoms with Crippen LogP contribution in [0.5, 0.6) is 0 Å². The number of piperazine rings is 1. The summed E-state index contributed by atoms with van der Waals surface area (Å²) < 4.78 is 39.1. The second-order valence-corrected chi connectivity index (χ2v) is 7.35. The maximum Gasteiger partial charge on any atom is 0.416 e. The Bertz CT molecular complexity index is 1050. The van der Waals surface area contributed by atoms with Gasteiger partial charge in [0.05, 0.1) is 16.3 Å². The molecule has 0 saturated carbocycles. The molecular weight excluding hydrogens is 431 g/mol. The number of nitrogens with zero attached hydrogens (tertiary/aromatic N) is 5. The van der Waals surface area contributed by atoms with Crippen LogP contribution in [-0.2, 0) is 6.18 Å². The molecule has 0 aliphatic carbocycles. The molecule has 3 heterocycles. The Balaban J connectivity index is 1.52. The quantitative estimate of drug-likeness (QED) is 0.617. The lowest BCUT2D eigenvalue weighted by atomic mass is 10.2. The molecule has 1 aromatic carbocycles. The summed E-state index contributed by atoms with van der Waals surface area (Å²) in [5.74, 6) is 1.61. The van der Waals surface area contributed by atoms with Crippen LogP contribution in [-0.4, -0.2) is 41.1 Å². The van der Waals surface area contributed by atoms with Gasteiger partial charge in [0.15, 0.2) is 11.6 Å². The highest BCUT2D eigenvalue weighted by Crippen LogP contribution is 2.36. The van der Waals surface area contributed by atoms with Crippen molar-refractivity contribution in [3.05, 3.63) is 59.5 Å². The number of rotatable bonds is 4. The molecule has 0 bridgehead atoms. The summed E-state index contributed by atoms with van der Waals surface area (Å²) in [6.07, 6.45) is -1.42. The summed E-state index contributed by atoms with van der Waals surface area (Å²) in [6.45, 7) is 2.76. The van der Waals surface area contributed by atoms with Gasteiger partial charge >= 0.3 is 6.18 Å². The number of benzene rings is 1. The third kappa shape index (κ3) is 4.58. The van der Waals surface area contributed by atoms with Crippen LogP contribution in [0.25, 0.3) is 0 Å². The second-order valence-electron chi connectivity index (χ2n) is 6.94. The summed E-state index contributed by atoms with van der Waals surface area (Å²) >= 11 is 6.08. The van der Waals surface area contributed by atoms with Crippen LogP contribution in [0.2, 0.25) is 5.02 Å². The molecule has 0 atom stereocenters. The normalized spacial score (nSPS) is 14.6. The van der Waals surface area contributed by atoms with Crippen molar-refractivity contribution in [3.8, 4) is 0 Å². The molecule has 1 fully saturated rings.